The molecule has 0 aliphatic heterocycles. The molecule has 0 saturated heterocycles. The Bertz CT molecular complexity index is 201. The molecule has 1 rings (SSSR count). The number of hydrogen-bond donors (Lipinski definition) is 1. The van der Waals surface area contributed by atoms with Crippen LogP contribution in [0.4, 0.5) is 0 Å². The van der Waals surface area contributed by atoms with E-state index < -0.39 is 5.60 Å². The van der Waals surface area contributed by atoms with E-state index in [1.54, 1.807) is 19.1 Å². The van der Waals surface area contributed by atoms with Gasteiger partial charge in [-0.3, -0.25) is 0 Å². The third-order valence-electron chi connectivity index (χ3n) is 1.91. The summed E-state index contributed by atoms with van der Waals surface area (Å²) in [5.41, 5.74) is -0.724. The second-order valence-corrected chi connectivity index (χ2v) is 3.34. The van der Waals surface area contributed by atoms with Gasteiger partial charge in [-0.15, -0.1) is 0 Å². The maximum atomic E-state index is 9.57. The van der Waals surface area contributed by atoms with E-state index in [9.17, 15) is 5.11 Å². The summed E-state index contributed by atoms with van der Waals surface area (Å²) < 4.78 is 0. The molecule has 1 nitrogen and oxygen atoms in total. The SMILES string of the molecule is CC1C=C(Cl)C=CC1(C)O.[Ca].[Mg]. The van der Waals surface area contributed by atoms with Crippen molar-refractivity contribution in [2.45, 2.75) is 19.4 Å². The van der Waals surface area contributed by atoms with E-state index >= 15 is 0 Å². The molecule has 2 unspecified atom stereocenters. The van der Waals surface area contributed by atoms with Crippen LogP contribution in [0.2, 0.25) is 0 Å². The quantitative estimate of drug-likeness (QED) is 0.613. The summed E-state index contributed by atoms with van der Waals surface area (Å²) in [4.78, 5) is 0. The van der Waals surface area contributed by atoms with Crippen LogP contribution in [-0.4, -0.2) is 71.5 Å². The zero-order valence-corrected chi connectivity index (χ0v) is 11.9. The van der Waals surface area contributed by atoms with Crippen LogP contribution in [0.1, 0.15) is 13.8 Å². The standard InChI is InChI=1S/C8H11ClO.Ca.Mg/c1-6-5-7(9)3-4-8(6,2)10;;/h3-6,10H,1-2H3;;. The monoisotopic (exact) mass is 222 g/mol. The van der Waals surface area contributed by atoms with Crippen LogP contribution in [0.15, 0.2) is 23.3 Å². The maximum absolute atomic E-state index is 9.57. The van der Waals surface area contributed by atoms with Crippen molar-refractivity contribution < 1.29 is 5.11 Å². The Morgan fingerprint density at radius 2 is 2.08 bits per heavy atom. The summed E-state index contributed by atoms with van der Waals surface area (Å²) in [7, 11) is 0. The van der Waals surface area contributed by atoms with Crippen LogP contribution in [0, 0.1) is 5.92 Å². The fourth-order valence-electron chi connectivity index (χ4n) is 0.863. The molecule has 0 bridgehead atoms. The van der Waals surface area contributed by atoms with Gasteiger partial charge in [0, 0.05) is 71.7 Å². The summed E-state index contributed by atoms with van der Waals surface area (Å²) in [5, 5.41) is 10.3. The number of rotatable bonds is 0. The number of halogens is 1. The van der Waals surface area contributed by atoms with Crippen molar-refractivity contribution in [3.63, 3.8) is 0 Å². The van der Waals surface area contributed by atoms with Gasteiger partial charge in [-0.1, -0.05) is 30.7 Å². The van der Waals surface area contributed by atoms with Crippen LogP contribution in [0.3, 0.4) is 0 Å². The predicted octanol–water partition coefficient (Wildman–Crippen LogP) is 1.30. The molecule has 0 aromatic heterocycles. The van der Waals surface area contributed by atoms with E-state index in [0.29, 0.717) is 5.03 Å². The smallest absolute Gasteiger partial charge is 0.0863 e. The summed E-state index contributed by atoms with van der Waals surface area (Å²) in [6, 6.07) is 0. The first-order valence-corrected chi connectivity index (χ1v) is 3.69. The van der Waals surface area contributed by atoms with Gasteiger partial charge in [0.1, 0.15) is 0 Å². The van der Waals surface area contributed by atoms with Crippen molar-refractivity contribution in [2.24, 2.45) is 5.92 Å². The Morgan fingerprint density at radius 3 is 2.42 bits per heavy atom. The molecule has 12 heavy (non-hydrogen) atoms. The van der Waals surface area contributed by atoms with Crippen LogP contribution < -0.4 is 0 Å². The van der Waals surface area contributed by atoms with E-state index in [2.05, 4.69) is 0 Å². The zero-order valence-electron chi connectivity index (χ0n) is 7.55. The van der Waals surface area contributed by atoms with Crippen molar-refractivity contribution in [3.8, 4) is 0 Å². The van der Waals surface area contributed by atoms with Gasteiger partial charge in [-0.25, -0.2) is 0 Å². The second-order valence-electron chi connectivity index (χ2n) is 2.90. The minimum absolute atomic E-state index is 0. The van der Waals surface area contributed by atoms with E-state index in [-0.39, 0.29) is 66.7 Å². The van der Waals surface area contributed by atoms with Gasteiger partial charge >= 0.3 is 0 Å². The maximum Gasteiger partial charge on any atom is 0.0863 e. The van der Waals surface area contributed by atoms with Crippen LogP contribution >= 0.6 is 11.6 Å². The van der Waals surface area contributed by atoms with Crippen LogP contribution in [0.5, 0.6) is 0 Å². The molecule has 4 heteroatoms. The Morgan fingerprint density at radius 1 is 1.58 bits per heavy atom. The van der Waals surface area contributed by atoms with Gasteiger partial charge in [-0.05, 0) is 13.0 Å². The molecule has 60 valence electrons. The Hall–Kier alpha value is 1.76. The number of hydrogen-bond acceptors (Lipinski definition) is 1. The molecule has 0 aromatic rings. The molecule has 2 atom stereocenters. The Kier molecular flexibility index (Phi) is 8.47. The van der Waals surface area contributed by atoms with Crippen molar-refractivity contribution in [1.82, 2.24) is 0 Å². The largest absolute Gasteiger partial charge is 0.385 e. The van der Waals surface area contributed by atoms with E-state index in [1.165, 1.54) is 0 Å². The number of allylic oxidation sites excluding steroid dienone is 2. The fraction of sp³-hybridized carbons (Fsp3) is 0.500. The molecule has 0 spiro atoms. The van der Waals surface area contributed by atoms with Gasteiger partial charge in [0.25, 0.3) is 0 Å². The minimum Gasteiger partial charge on any atom is -0.385 e. The van der Waals surface area contributed by atoms with Crippen LogP contribution in [-0.2, 0) is 0 Å². The first-order chi connectivity index (χ1) is 4.52. The third-order valence-corrected chi connectivity index (χ3v) is 2.16. The molecule has 1 N–H and O–H groups in total. The first kappa shape index (κ1) is 16.2. The Labute approximate surface area is 124 Å². The second kappa shape index (κ2) is 6.28. The summed E-state index contributed by atoms with van der Waals surface area (Å²) in [6.07, 6.45) is 5.29. The van der Waals surface area contributed by atoms with Gasteiger partial charge in [0.2, 0.25) is 0 Å². The molecule has 1 aliphatic carbocycles. The third kappa shape index (κ3) is 4.31. The van der Waals surface area contributed by atoms with Gasteiger partial charge < -0.3 is 5.11 Å². The average molecular weight is 223 g/mol. The predicted molar refractivity (Wildman–Crippen MR) is 54.4 cm³/mol. The molecular weight excluding hydrogens is 212 g/mol. The first-order valence-electron chi connectivity index (χ1n) is 3.31. The van der Waals surface area contributed by atoms with Crippen molar-refractivity contribution in [3.05, 3.63) is 23.3 Å². The van der Waals surface area contributed by atoms with E-state index in [1.807, 2.05) is 13.0 Å². The Balaban J connectivity index is 0. The van der Waals surface area contributed by atoms with Gasteiger partial charge in [0.15, 0.2) is 0 Å². The van der Waals surface area contributed by atoms with E-state index in [4.69, 9.17) is 11.6 Å². The summed E-state index contributed by atoms with van der Waals surface area (Å²) in [5.74, 6) is 0.102. The summed E-state index contributed by atoms with van der Waals surface area (Å²) >= 11 is 5.70. The van der Waals surface area contributed by atoms with E-state index in [0.717, 1.165) is 0 Å². The molecular formula is C8H11CaClMgO. The fourth-order valence-corrected chi connectivity index (χ4v) is 1.12. The van der Waals surface area contributed by atoms with Crippen molar-refractivity contribution in [2.75, 3.05) is 0 Å². The van der Waals surface area contributed by atoms with Crippen LogP contribution in [0.25, 0.3) is 0 Å². The molecule has 0 fully saturated rings. The molecule has 0 heterocycles. The minimum atomic E-state index is -0.724. The molecule has 4 radical (unpaired) electrons. The molecule has 0 amide bonds. The zero-order chi connectivity index (χ0) is 7.78. The average Bonchev–Trinajstić information content (AvgIpc) is 1.81. The molecule has 0 aromatic carbocycles. The molecule has 1 aliphatic rings. The summed E-state index contributed by atoms with van der Waals surface area (Å²) in [6.45, 7) is 3.71. The van der Waals surface area contributed by atoms with Gasteiger partial charge in [-0.2, -0.15) is 0 Å². The number of aliphatic hydroxyl groups is 1. The topological polar surface area (TPSA) is 20.2 Å². The van der Waals surface area contributed by atoms with Crippen molar-refractivity contribution in [1.29, 1.82) is 0 Å². The normalized spacial score (nSPS) is 33.0. The van der Waals surface area contributed by atoms with Gasteiger partial charge in [0.05, 0.1) is 5.60 Å². The molecule has 0 saturated carbocycles. The van der Waals surface area contributed by atoms with Crippen molar-refractivity contribution >= 4 is 72.4 Å².